The first-order valence-corrected chi connectivity index (χ1v) is 4.77. The van der Waals surface area contributed by atoms with E-state index in [2.05, 4.69) is 16.8 Å². The molecule has 0 aliphatic heterocycles. The lowest BCUT2D eigenvalue weighted by atomic mass is 10.4. The van der Waals surface area contributed by atoms with Gasteiger partial charge in [0.1, 0.15) is 0 Å². The summed E-state index contributed by atoms with van der Waals surface area (Å²) in [5.74, 6) is 0. The summed E-state index contributed by atoms with van der Waals surface area (Å²) in [6.45, 7) is 8.42. The molecular formula is C6H14N2O2S. The maximum atomic E-state index is 11.0. The summed E-state index contributed by atoms with van der Waals surface area (Å²) in [6, 6.07) is 0.0733. The Labute approximate surface area is 67.7 Å². The quantitative estimate of drug-likeness (QED) is 0.611. The second kappa shape index (κ2) is 3.85. The monoisotopic (exact) mass is 178 g/mol. The van der Waals surface area contributed by atoms with Crippen molar-refractivity contribution in [3.8, 4) is 0 Å². The number of hydrogen-bond donors (Lipinski definition) is 2. The van der Waals surface area contributed by atoms with Gasteiger partial charge in [-0.2, -0.15) is 0 Å². The number of sulfonamides is 1. The Morgan fingerprint density at radius 3 is 2.18 bits per heavy atom. The van der Waals surface area contributed by atoms with Crippen molar-refractivity contribution < 1.29 is 8.42 Å². The van der Waals surface area contributed by atoms with Crippen LogP contribution in [0, 0.1) is 0 Å². The summed E-state index contributed by atoms with van der Waals surface area (Å²) in [5, 5.41) is 0. The second-order valence-corrected chi connectivity index (χ2v) is 4.51. The summed E-state index contributed by atoms with van der Waals surface area (Å²) in [5.41, 5.74) is 2.57. The Morgan fingerprint density at radius 1 is 1.45 bits per heavy atom. The largest absolute Gasteiger partial charge is 0.248 e. The van der Waals surface area contributed by atoms with Gasteiger partial charge in [0, 0.05) is 6.04 Å². The minimum atomic E-state index is -3.35. The van der Waals surface area contributed by atoms with Crippen LogP contribution in [-0.2, 0) is 10.0 Å². The number of hydrogen-bond acceptors (Lipinski definition) is 3. The van der Waals surface area contributed by atoms with Crippen molar-refractivity contribution in [2.75, 3.05) is 0 Å². The highest BCUT2D eigenvalue weighted by atomic mass is 32.2. The molecule has 0 saturated carbocycles. The number of nitrogens with one attached hydrogen (secondary N) is 2. The summed E-state index contributed by atoms with van der Waals surface area (Å²) in [4.78, 5) is 2.28. The molecule has 0 aromatic carbocycles. The van der Waals surface area contributed by atoms with Gasteiger partial charge in [0.25, 0.3) is 0 Å². The van der Waals surface area contributed by atoms with E-state index >= 15 is 0 Å². The number of rotatable bonds is 4. The lowest BCUT2D eigenvalue weighted by molar-refractivity contribution is 0.527. The van der Waals surface area contributed by atoms with E-state index in [1.54, 1.807) is 0 Å². The molecule has 0 aliphatic carbocycles. The molecule has 4 nitrogen and oxygen atoms in total. The van der Waals surface area contributed by atoms with E-state index in [0.29, 0.717) is 0 Å². The Bertz CT molecular complexity index is 231. The molecule has 0 amide bonds. The molecule has 5 heteroatoms. The van der Waals surface area contributed by atoms with Crippen molar-refractivity contribution in [1.82, 2.24) is 10.3 Å². The average Bonchev–Trinajstić information content (AvgIpc) is 1.84. The first-order valence-electron chi connectivity index (χ1n) is 3.29. The number of allylic oxidation sites excluding steroid dienone is 1. The third-order valence-electron chi connectivity index (χ3n) is 0.941. The van der Waals surface area contributed by atoms with E-state index < -0.39 is 10.0 Å². The molecule has 2 N–H and O–H groups in total. The first kappa shape index (κ1) is 10.6. The molecule has 0 aromatic heterocycles. The number of hydrazine groups is 1. The van der Waals surface area contributed by atoms with Gasteiger partial charge in [-0.05, 0) is 20.8 Å². The van der Waals surface area contributed by atoms with E-state index in [1.807, 2.05) is 13.8 Å². The van der Waals surface area contributed by atoms with E-state index in [9.17, 15) is 8.42 Å². The Kier molecular flexibility index (Phi) is 3.71. The topological polar surface area (TPSA) is 58.2 Å². The predicted octanol–water partition coefficient (Wildman–Crippen LogP) is 0.352. The van der Waals surface area contributed by atoms with E-state index in [1.165, 1.54) is 6.92 Å². The standard InChI is InChI=1S/C6H14N2O2S/c1-5(2)7-8-11(9,10)6(3)4/h5,7-8H,3H2,1-2,4H3. The van der Waals surface area contributed by atoms with Crippen molar-refractivity contribution in [2.45, 2.75) is 26.8 Å². The lowest BCUT2D eigenvalue weighted by Gasteiger charge is -2.09. The van der Waals surface area contributed by atoms with Crippen LogP contribution >= 0.6 is 0 Å². The van der Waals surface area contributed by atoms with Gasteiger partial charge in [-0.1, -0.05) is 6.58 Å². The minimum Gasteiger partial charge on any atom is -0.241 e. The third kappa shape index (κ3) is 4.13. The van der Waals surface area contributed by atoms with Crippen LogP contribution < -0.4 is 10.3 Å². The van der Waals surface area contributed by atoms with Crippen LogP contribution in [0.1, 0.15) is 20.8 Å². The van der Waals surface area contributed by atoms with Gasteiger partial charge < -0.3 is 0 Å². The Balaban J connectivity index is 4.06. The van der Waals surface area contributed by atoms with E-state index in [0.717, 1.165) is 0 Å². The third-order valence-corrected chi connectivity index (χ3v) is 2.24. The zero-order valence-electron chi connectivity index (χ0n) is 7.01. The van der Waals surface area contributed by atoms with Crippen molar-refractivity contribution in [2.24, 2.45) is 0 Å². The first-order chi connectivity index (χ1) is 4.86. The normalized spacial score (nSPS) is 12.0. The van der Waals surface area contributed by atoms with Gasteiger partial charge >= 0.3 is 0 Å². The Morgan fingerprint density at radius 2 is 1.91 bits per heavy atom. The van der Waals surface area contributed by atoms with Crippen LogP contribution in [-0.4, -0.2) is 14.5 Å². The molecule has 66 valence electrons. The molecule has 0 bridgehead atoms. The summed E-state index contributed by atoms with van der Waals surface area (Å²) in [6.07, 6.45) is 0. The zero-order valence-corrected chi connectivity index (χ0v) is 7.83. The van der Waals surface area contributed by atoms with E-state index in [4.69, 9.17) is 0 Å². The zero-order chi connectivity index (χ0) is 9.07. The minimum absolute atomic E-state index is 0.0733. The van der Waals surface area contributed by atoms with Gasteiger partial charge in [0.2, 0.25) is 10.0 Å². The summed E-state index contributed by atoms with van der Waals surface area (Å²) in [7, 11) is -3.35. The smallest absolute Gasteiger partial charge is 0.241 e. The van der Waals surface area contributed by atoms with Gasteiger partial charge in [-0.3, -0.25) is 0 Å². The van der Waals surface area contributed by atoms with Gasteiger partial charge in [0.15, 0.2) is 0 Å². The average molecular weight is 178 g/mol. The predicted molar refractivity (Wildman–Crippen MR) is 45.1 cm³/mol. The molecular weight excluding hydrogens is 164 g/mol. The van der Waals surface area contributed by atoms with Crippen LogP contribution in [0.5, 0.6) is 0 Å². The molecule has 11 heavy (non-hydrogen) atoms. The fraction of sp³-hybridized carbons (Fsp3) is 0.667. The highest BCUT2D eigenvalue weighted by Gasteiger charge is 2.09. The molecule has 0 fully saturated rings. The van der Waals surface area contributed by atoms with Crippen molar-refractivity contribution >= 4 is 10.0 Å². The molecule has 0 rings (SSSR count). The molecule has 0 aromatic rings. The molecule has 0 radical (unpaired) electrons. The van der Waals surface area contributed by atoms with Gasteiger partial charge in [-0.25, -0.2) is 13.8 Å². The summed E-state index contributed by atoms with van der Waals surface area (Å²) < 4.78 is 21.9. The van der Waals surface area contributed by atoms with Gasteiger partial charge in [-0.15, -0.1) is 4.83 Å². The maximum Gasteiger partial charge on any atom is 0.248 e. The molecule has 0 saturated heterocycles. The SMILES string of the molecule is C=C(C)S(=O)(=O)NNC(C)C. The van der Waals surface area contributed by atoms with Crippen LogP contribution in [0.15, 0.2) is 11.5 Å². The van der Waals surface area contributed by atoms with Crippen molar-refractivity contribution in [3.05, 3.63) is 11.5 Å². The fourth-order valence-corrected chi connectivity index (χ4v) is 0.848. The van der Waals surface area contributed by atoms with Gasteiger partial charge in [0.05, 0.1) is 4.91 Å². The van der Waals surface area contributed by atoms with E-state index in [-0.39, 0.29) is 10.9 Å². The molecule has 0 spiro atoms. The second-order valence-electron chi connectivity index (χ2n) is 2.61. The van der Waals surface area contributed by atoms with Crippen molar-refractivity contribution in [3.63, 3.8) is 0 Å². The maximum absolute atomic E-state index is 11.0. The van der Waals surface area contributed by atoms with Crippen LogP contribution in [0.2, 0.25) is 0 Å². The van der Waals surface area contributed by atoms with Crippen LogP contribution in [0.4, 0.5) is 0 Å². The Hall–Kier alpha value is -0.390. The van der Waals surface area contributed by atoms with Crippen LogP contribution in [0.3, 0.4) is 0 Å². The highest BCUT2D eigenvalue weighted by molar-refractivity contribution is 7.93. The molecule has 0 atom stereocenters. The highest BCUT2D eigenvalue weighted by Crippen LogP contribution is 1.96. The molecule has 0 heterocycles. The summed E-state index contributed by atoms with van der Waals surface area (Å²) >= 11 is 0. The lowest BCUT2D eigenvalue weighted by Crippen LogP contribution is -2.41. The van der Waals surface area contributed by atoms with Crippen molar-refractivity contribution in [1.29, 1.82) is 0 Å². The molecule has 0 aliphatic rings. The van der Waals surface area contributed by atoms with Crippen LogP contribution in [0.25, 0.3) is 0 Å². The molecule has 0 unspecified atom stereocenters. The fourth-order valence-electron chi connectivity index (χ4n) is 0.283.